The minimum Gasteiger partial charge on any atom is -0.123 e. The van der Waals surface area contributed by atoms with E-state index in [0.29, 0.717) is 0 Å². The molecule has 3 atom stereocenters. The van der Waals surface area contributed by atoms with Gasteiger partial charge in [-0.25, -0.2) is 0 Å². The first kappa shape index (κ1) is 17.8. The van der Waals surface area contributed by atoms with Crippen molar-refractivity contribution in [1.29, 1.82) is 0 Å². The summed E-state index contributed by atoms with van der Waals surface area (Å²) in [4.78, 5) is 0. The topological polar surface area (TPSA) is 0 Å². The molecule has 3 unspecified atom stereocenters. The van der Waals surface area contributed by atoms with E-state index in [-0.39, 0.29) is 16.1 Å². The Labute approximate surface area is 126 Å². The van der Waals surface area contributed by atoms with Gasteiger partial charge < -0.3 is 0 Å². The monoisotopic (exact) mass is 306 g/mol. The van der Waals surface area contributed by atoms with E-state index in [1.54, 1.807) is 6.08 Å². The van der Waals surface area contributed by atoms with E-state index in [2.05, 4.69) is 6.58 Å². The van der Waals surface area contributed by atoms with Crippen molar-refractivity contribution < 1.29 is 0 Å². The van der Waals surface area contributed by atoms with E-state index in [0.717, 1.165) is 19.3 Å². The van der Waals surface area contributed by atoms with Gasteiger partial charge in [-0.3, -0.25) is 0 Å². The highest BCUT2D eigenvalue weighted by Crippen LogP contribution is 2.20. The lowest BCUT2D eigenvalue weighted by Gasteiger charge is -2.13. The van der Waals surface area contributed by atoms with Gasteiger partial charge in [0, 0.05) is 16.1 Å². The summed E-state index contributed by atoms with van der Waals surface area (Å²) < 4.78 is 0. The van der Waals surface area contributed by atoms with Crippen LogP contribution in [-0.2, 0) is 0 Å². The highest BCUT2D eigenvalue weighted by atomic mass is 35.5. The summed E-state index contributed by atoms with van der Waals surface area (Å²) in [6.45, 7) is 5.53. The third-order valence-corrected chi connectivity index (χ3v) is 3.09. The Morgan fingerprint density at radius 1 is 0.889 bits per heavy atom. The fraction of sp³-hybridized carbons (Fsp3) is 0.467. The molecule has 18 heavy (non-hydrogen) atoms. The maximum atomic E-state index is 6.19. The molecule has 0 nitrogen and oxygen atoms in total. The Balaban J connectivity index is 3.78. The van der Waals surface area contributed by atoms with Gasteiger partial charge in [0.1, 0.15) is 0 Å². The van der Waals surface area contributed by atoms with Gasteiger partial charge in [0.05, 0.1) is 0 Å². The molecule has 0 saturated carbocycles. The quantitative estimate of drug-likeness (QED) is 0.370. The molecule has 0 aromatic rings. The van der Waals surface area contributed by atoms with Crippen LogP contribution in [0.3, 0.4) is 0 Å². The van der Waals surface area contributed by atoms with Crippen LogP contribution in [0.1, 0.15) is 26.2 Å². The van der Waals surface area contributed by atoms with Crippen LogP contribution in [0.15, 0.2) is 49.1 Å². The minimum absolute atomic E-state index is 0.0551. The molecule has 0 aromatic carbocycles. The first-order valence-corrected chi connectivity index (χ1v) is 7.40. The van der Waals surface area contributed by atoms with Crippen LogP contribution in [0.25, 0.3) is 0 Å². The SMILES string of the molecule is C=C/C=C/C=C/C=C/CC(Cl)CC(Cl)CC(C)Cl. The summed E-state index contributed by atoms with van der Waals surface area (Å²) in [5.74, 6) is 0. The van der Waals surface area contributed by atoms with Crippen molar-refractivity contribution in [3.8, 4) is 0 Å². The lowest BCUT2D eigenvalue weighted by atomic mass is 10.1. The minimum atomic E-state index is 0.0551. The molecule has 0 amide bonds. The van der Waals surface area contributed by atoms with Crippen molar-refractivity contribution >= 4 is 34.8 Å². The van der Waals surface area contributed by atoms with Crippen molar-refractivity contribution in [3.05, 3.63) is 49.1 Å². The second-order valence-corrected chi connectivity index (χ2v) is 6.10. The van der Waals surface area contributed by atoms with Gasteiger partial charge in [-0.15, -0.1) is 34.8 Å². The predicted octanol–water partition coefficient (Wildman–Crippen LogP) is 5.85. The molecule has 0 aliphatic heterocycles. The molecule has 0 aliphatic rings. The third-order valence-electron chi connectivity index (χ3n) is 2.20. The summed E-state index contributed by atoms with van der Waals surface area (Å²) in [6.07, 6.45) is 15.9. The standard InChI is InChI=1S/C15H21Cl3/c1-3-4-5-6-7-8-9-10-14(17)12-15(18)11-13(2)16/h3-9,13-15H,1,10-12H2,2H3/b5-4+,7-6+,9-8+. The van der Waals surface area contributed by atoms with E-state index >= 15 is 0 Å². The van der Waals surface area contributed by atoms with E-state index in [1.807, 2.05) is 43.4 Å². The van der Waals surface area contributed by atoms with Gasteiger partial charge in [-0.2, -0.15) is 0 Å². The highest BCUT2D eigenvalue weighted by molar-refractivity contribution is 6.24. The molecule has 0 aliphatic carbocycles. The van der Waals surface area contributed by atoms with Crippen molar-refractivity contribution in [2.24, 2.45) is 0 Å². The number of alkyl halides is 3. The van der Waals surface area contributed by atoms with Crippen molar-refractivity contribution in [1.82, 2.24) is 0 Å². The van der Waals surface area contributed by atoms with Gasteiger partial charge in [0.2, 0.25) is 0 Å². The van der Waals surface area contributed by atoms with Gasteiger partial charge in [0.25, 0.3) is 0 Å². The van der Waals surface area contributed by atoms with Gasteiger partial charge in [-0.1, -0.05) is 49.1 Å². The first-order valence-electron chi connectivity index (χ1n) is 6.09. The normalized spacial score (nSPS) is 17.6. The molecular weight excluding hydrogens is 287 g/mol. The van der Waals surface area contributed by atoms with E-state index in [4.69, 9.17) is 34.8 Å². The van der Waals surface area contributed by atoms with Crippen LogP contribution >= 0.6 is 34.8 Å². The zero-order valence-electron chi connectivity index (χ0n) is 10.7. The smallest absolute Gasteiger partial charge is 0.0384 e. The zero-order chi connectivity index (χ0) is 13.8. The van der Waals surface area contributed by atoms with Crippen molar-refractivity contribution in [2.45, 2.75) is 42.3 Å². The molecule has 0 radical (unpaired) electrons. The van der Waals surface area contributed by atoms with E-state index in [1.165, 1.54) is 0 Å². The first-order chi connectivity index (χ1) is 8.56. The van der Waals surface area contributed by atoms with E-state index < -0.39 is 0 Å². The largest absolute Gasteiger partial charge is 0.123 e. The molecular formula is C15H21Cl3. The second kappa shape index (κ2) is 11.9. The van der Waals surface area contributed by atoms with Gasteiger partial charge in [0.15, 0.2) is 0 Å². The summed E-state index contributed by atoms with van der Waals surface area (Å²) >= 11 is 18.2. The fourth-order valence-electron chi connectivity index (χ4n) is 1.40. The van der Waals surface area contributed by atoms with Gasteiger partial charge in [-0.05, 0) is 26.2 Å². The Hall–Kier alpha value is -0.170. The highest BCUT2D eigenvalue weighted by Gasteiger charge is 2.13. The Kier molecular flexibility index (Phi) is 11.8. The molecule has 0 bridgehead atoms. The predicted molar refractivity (Wildman–Crippen MR) is 86.1 cm³/mol. The number of allylic oxidation sites excluding steroid dienone is 7. The number of halogens is 3. The molecule has 0 fully saturated rings. The maximum Gasteiger partial charge on any atom is 0.0384 e. The fourth-order valence-corrected chi connectivity index (χ4v) is 2.60. The molecule has 3 heteroatoms. The molecule has 0 spiro atoms. The third kappa shape index (κ3) is 12.3. The molecule has 0 N–H and O–H groups in total. The summed E-state index contributed by atoms with van der Waals surface area (Å²) in [7, 11) is 0. The summed E-state index contributed by atoms with van der Waals surface area (Å²) in [5, 5.41) is 0.224. The average molecular weight is 308 g/mol. The molecule has 0 aromatic heterocycles. The van der Waals surface area contributed by atoms with E-state index in [9.17, 15) is 0 Å². The zero-order valence-corrected chi connectivity index (χ0v) is 13.0. The molecule has 102 valence electrons. The van der Waals surface area contributed by atoms with Crippen molar-refractivity contribution in [3.63, 3.8) is 0 Å². The number of rotatable bonds is 9. The number of hydrogen-bond donors (Lipinski definition) is 0. The lowest BCUT2D eigenvalue weighted by molar-refractivity contribution is 0.655. The lowest BCUT2D eigenvalue weighted by Crippen LogP contribution is -2.11. The summed E-state index contributed by atoms with van der Waals surface area (Å²) in [5.41, 5.74) is 0. The number of hydrogen-bond acceptors (Lipinski definition) is 0. The van der Waals surface area contributed by atoms with Crippen LogP contribution in [0.2, 0.25) is 0 Å². The Morgan fingerprint density at radius 3 is 2.11 bits per heavy atom. The van der Waals surface area contributed by atoms with Crippen LogP contribution in [0.5, 0.6) is 0 Å². The van der Waals surface area contributed by atoms with Crippen LogP contribution in [0.4, 0.5) is 0 Å². The second-order valence-electron chi connectivity index (χ2n) is 4.12. The van der Waals surface area contributed by atoms with Crippen LogP contribution < -0.4 is 0 Å². The Bertz CT molecular complexity index is 290. The molecule has 0 rings (SSSR count). The van der Waals surface area contributed by atoms with Crippen LogP contribution in [0, 0.1) is 0 Å². The molecule has 0 heterocycles. The average Bonchev–Trinajstić information content (AvgIpc) is 2.26. The van der Waals surface area contributed by atoms with Gasteiger partial charge >= 0.3 is 0 Å². The maximum absolute atomic E-state index is 6.19. The Morgan fingerprint density at radius 2 is 1.50 bits per heavy atom. The summed E-state index contributed by atoms with van der Waals surface area (Å²) in [6, 6.07) is 0. The van der Waals surface area contributed by atoms with Crippen molar-refractivity contribution in [2.75, 3.05) is 0 Å². The molecule has 0 saturated heterocycles. The van der Waals surface area contributed by atoms with Crippen LogP contribution in [-0.4, -0.2) is 16.1 Å².